The van der Waals surface area contributed by atoms with Crippen LogP contribution in [0.1, 0.15) is 5.56 Å². The number of hydrogen-bond acceptors (Lipinski definition) is 1. The van der Waals surface area contributed by atoms with Gasteiger partial charge in [-0.3, -0.25) is 0 Å². The molecule has 0 spiro atoms. The van der Waals surface area contributed by atoms with E-state index in [0.717, 1.165) is 5.56 Å². The van der Waals surface area contributed by atoms with Gasteiger partial charge in [-0.05, 0) is 19.1 Å². The maximum atomic E-state index is 11.7. The van der Waals surface area contributed by atoms with Gasteiger partial charge in [0, 0.05) is 0 Å². The number of halogens is 3. The zero-order valence-corrected chi connectivity index (χ0v) is 7.08. The standard InChI is InChI=1S/C7H7F3OS/c1-6-2-4-7(5-3-6)11-12(8,9)10/h2-5H,1H3. The van der Waals surface area contributed by atoms with Gasteiger partial charge in [-0.1, -0.05) is 29.4 Å². The molecular formula is C7H7F3OS. The Morgan fingerprint density at radius 3 is 2.00 bits per heavy atom. The van der Waals surface area contributed by atoms with E-state index in [4.69, 9.17) is 0 Å². The highest BCUT2D eigenvalue weighted by molar-refractivity contribution is 8.17. The smallest absolute Gasteiger partial charge is 0.373 e. The second kappa shape index (κ2) is 3.26. The Balaban J connectivity index is 2.71. The van der Waals surface area contributed by atoms with Crippen LogP contribution >= 0.6 is 11.5 Å². The molecule has 0 aliphatic heterocycles. The lowest BCUT2D eigenvalue weighted by molar-refractivity contribution is 0.452. The van der Waals surface area contributed by atoms with Crippen molar-refractivity contribution in [3.05, 3.63) is 29.8 Å². The summed E-state index contributed by atoms with van der Waals surface area (Å²) in [6, 6.07) is 5.74. The van der Waals surface area contributed by atoms with Crippen LogP contribution in [-0.4, -0.2) is 0 Å². The molecule has 0 amide bonds. The summed E-state index contributed by atoms with van der Waals surface area (Å²) >= 11 is -5.39. The molecule has 0 bridgehead atoms. The Labute approximate surface area is 70.6 Å². The van der Waals surface area contributed by atoms with Crippen molar-refractivity contribution >= 4 is 11.5 Å². The summed E-state index contributed by atoms with van der Waals surface area (Å²) in [4.78, 5) is 0. The van der Waals surface area contributed by atoms with Crippen molar-refractivity contribution in [3.63, 3.8) is 0 Å². The van der Waals surface area contributed by atoms with Crippen molar-refractivity contribution in [3.8, 4) is 5.75 Å². The largest absolute Gasteiger partial charge is 0.391 e. The first kappa shape index (κ1) is 9.25. The van der Waals surface area contributed by atoms with E-state index >= 15 is 0 Å². The van der Waals surface area contributed by atoms with Crippen molar-refractivity contribution in [2.45, 2.75) is 6.92 Å². The quantitative estimate of drug-likeness (QED) is 0.700. The van der Waals surface area contributed by atoms with E-state index in [-0.39, 0.29) is 5.75 Å². The molecule has 0 aliphatic rings. The number of aryl methyl sites for hydroxylation is 1. The molecule has 1 aromatic carbocycles. The third-order valence-electron chi connectivity index (χ3n) is 1.21. The van der Waals surface area contributed by atoms with E-state index in [1.807, 2.05) is 0 Å². The van der Waals surface area contributed by atoms with Crippen LogP contribution in [0, 0.1) is 6.92 Å². The van der Waals surface area contributed by atoms with E-state index in [0.29, 0.717) is 0 Å². The molecule has 0 atom stereocenters. The summed E-state index contributed by atoms with van der Waals surface area (Å²) in [5.74, 6) is -0.150. The fraction of sp³-hybridized carbons (Fsp3) is 0.143. The van der Waals surface area contributed by atoms with Gasteiger partial charge in [0.05, 0.1) is 0 Å². The van der Waals surface area contributed by atoms with E-state index in [2.05, 4.69) is 4.18 Å². The summed E-state index contributed by atoms with van der Waals surface area (Å²) < 4.78 is 38.8. The monoisotopic (exact) mass is 196 g/mol. The van der Waals surface area contributed by atoms with E-state index < -0.39 is 11.5 Å². The summed E-state index contributed by atoms with van der Waals surface area (Å²) in [5, 5.41) is 0. The van der Waals surface area contributed by atoms with Gasteiger partial charge in [0.15, 0.2) is 0 Å². The molecular weight excluding hydrogens is 189 g/mol. The Morgan fingerprint density at radius 2 is 1.58 bits per heavy atom. The SMILES string of the molecule is Cc1ccc(OS(F)(F)F)cc1. The summed E-state index contributed by atoms with van der Waals surface area (Å²) in [5.41, 5.74) is 0.902. The molecule has 0 aromatic heterocycles. The van der Waals surface area contributed by atoms with Crippen LogP contribution in [-0.2, 0) is 0 Å². The molecule has 12 heavy (non-hydrogen) atoms. The number of rotatable bonds is 2. The van der Waals surface area contributed by atoms with Gasteiger partial charge in [-0.2, -0.15) is 0 Å². The second-order valence-electron chi connectivity index (χ2n) is 2.26. The molecule has 0 fully saturated rings. The molecule has 0 N–H and O–H groups in total. The van der Waals surface area contributed by atoms with Crippen LogP contribution in [0.3, 0.4) is 0 Å². The first-order valence-electron chi connectivity index (χ1n) is 3.16. The van der Waals surface area contributed by atoms with Crippen molar-refractivity contribution < 1.29 is 15.8 Å². The topological polar surface area (TPSA) is 9.23 Å². The molecule has 68 valence electrons. The molecule has 5 heteroatoms. The van der Waals surface area contributed by atoms with Crippen LogP contribution in [0.2, 0.25) is 0 Å². The van der Waals surface area contributed by atoms with Gasteiger partial charge in [0.2, 0.25) is 0 Å². The van der Waals surface area contributed by atoms with Crippen LogP contribution in [0.4, 0.5) is 11.7 Å². The molecule has 0 aliphatic carbocycles. The lowest BCUT2D eigenvalue weighted by atomic mass is 10.2. The molecule has 0 radical (unpaired) electrons. The molecule has 0 unspecified atom stereocenters. The third-order valence-corrected chi connectivity index (χ3v) is 1.59. The lowest BCUT2D eigenvalue weighted by Gasteiger charge is -2.10. The second-order valence-corrected chi connectivity index (χ2v) is 3.15. The van der Waals surface area contributed by atoms with E-state index in [9.17, 15) is 11.7 Å². The Hall–Kier alpha value is -0.840. The van der Waals surface area contributed by atoms with Crippen molar-refractivity contribution in [2.75, 3.05) is 0 Å². The van der Waals surface area contributed by atoms with E-state index in [1.54, 1.807) is 19.1 Å². The average Bonchev–Trinajstić information content (AvgIpc) is 1.91. The zero-order chi connectivity index (χ0) is 9.19. The first-order valence-corrected chi connectivity index (χ1v) is 4.41. The lowest BCUT2D eigenvalue weighted by Crippen LogP contribution is -1.88. The van der Waals surface area contributed by atoms with Crippen molar-refractivity contribution in [1.82, 2.24) is 0 Å². The predicted octanol–water partition coefficient (Wildman–Crippen LogP) is 3.75. The molecule has 1 rings (SSSR count). The van der Waals surface area contributed by atoms with Crippen molar-refractivity contribution in [1.29, 1.82) is 0 Å². The molecule has 0 saturated heterocycles. The molecule has 0 saturated carbocycles. The third kappa shape index (κ3) is 3.04. The van der Waals surface area contributed by atoms with Crippen LogP contribution in [0.5, 0.6) is 5.75 Å². The fourth-order valence-electron chi connectivity index (χ4n) is 0.703. The van der Waals surface area contributed by atoms with Gasteiger partial charge in [0.25, 0.3) is 0 Å². The fourth-order valence-corrected chi connectivity index (χ4v) is 1.03. The molecule has 1 aromatic rings. The van der Waals surface area contributed by atoms with Gasteiger partial charge in [0.1, 0.15) is 5.75 Å². The zero-order valence-electron chi connectivity index (χ0n) is 6.26. The normalized spacial score (nSPS) is 12.7. The first-order chi connectivity index (χ1) is 5.47. The maximum absolute atomic E-state index is 11.7. The molecule has 1 nitrogen and oxygen atoms in total. The highest BCUT2D eigenvalue weighted by Gasteiger charge is 2.23. The Kier molecular flexibility index (Phi) is 2.52. The van der Waals surface area contributed by atoms with Gasteiger partial charge in [-0.25, -0.2) is 0 Å². The Morgan fingerprint density at radius 1 is 1.08 bits per heavy atom. The summed E-state index contributed by atoms with van der Waals surface area (Å²) in [6.07, 6.45) is 0. The van der Waals surface area contributed by atoms with Gasteiger partial charge in [-0.15, -0.1) is 0 Å². The van der Waals surface area contributed by atoms with Crippen LogP contribution in [0.15, 0.2) is 24.3 Å². The number of benzene rings is 1. The predicted molar refractivity (Wildman–Crippen MR) is 42.7 cm³/mol. The van der Waals surface area contributed by atoms with Gasteiger partial charge >= 0.3 is 11.5 Å². The maximum Gasteiger partial charge on any atom is 0.391 e. The summed E-state index contributed by atoms with van der Waals surface area (Å²) in [6.45, 7) is 1.80. The molecule has 0 heterocycles. The Bertz CT molecular complexity index is 254. The highest BCUT2D eigenvalue weighted by Crippen LogP contribution is 2.53. The minimum atomic E-state index is -5.39. The average molecular weight is 196 g/mol. The summed E-state index contributed by atoms with van der Waals surface area (Å²) in [7, 11) is 0. The van der Waals surface area contributed by atoms with Gasteiger partial charge < -0.3 is 4.18 Å². The minimum absolute atomic E-state index is 0.150. The number of hydrogen-bond donors (Lipinski definition) is 0. The highest BCUT2D eigenvalue weighted by atomic mass is 32.4. The van der Waals surface area contributed by atoms with E-state index in [1.165, 1.54) is 12.1 Å². The van der Waals surface area contributed by atoms with Crippen LogP contribution < -0.4 is 4.18 Å². The van der Waals surface area contributed by atoms with Crippen LogP contribution in [0.25, 0.3) is 0 Å². The minimum Gasteiger partial charge on any atom is -0.373 e. The van der Waals surface area contributed by atoms with Crippen molar-refractivity contribution in [2.24, 2.45) is 0 Å².